The van der Waals surface area contributed by atoms with Crippen molar-refractivity contribution < 1.29 is 14.1 Å². The van der Waals surface area contributed by atoms with Gasteiger partial charge in [0.05, 0.1) is 33.3 Å². The zero-order valence-electron chi connectivity index (χ0n) is 13.4. The first-order valence-electron chi connectivity index (χ1n) is 7.80. The molecular weight excluding hydrogens is 290 g/mol. The normalized spacial score (nSPS) is 12.7. The van der Waals surface area contributed by atoms with E-state index in [0.717, 1.165) is 22.2 Å². The largest absolute Gasteiger partial charge is 0.463 e. The molecule has 3 aromatic rings. The SMILES string of the molecule is C[NH+](C)[C@@H](CNC(=O)Cc1c[nH]c2ccccc12)c1ccco1. The molecule has 0 saturated carbocycles. The molecule has 1 aromatic carbocycles. The molecule has 3 N–H and O–H groups in total. The number of likely N-dealkylation sites (N-methyl/N-ethyl adjacent to an activating group) is 1. The zero-order chi connectivity index (χ0) is 16.2. The minimum atomic E-state index is 0.0209. The second-order valence-electron chi connectivity index (χ2n) is 5.99. The Morgan fingerprint density at radius 2 is 2.09 bits per heavy atom. The van der Waals surface area contributed by atoms with Crippen LogP contribution in [-0.4, -0.2) is 31.5 Å². The van der Waals surface area contributed by atoms with Crippen molar-refractivity contribution in [2.75, 3.05) is 20.6 Å². The van der Waals surface area contributed by atoms with Gasteiger partial charge in [0.1, 0.15) is 0 Å². The average Bonchev–Trinajstić information content (AvgIpc) is 3.18. The first-order chi connectivity index (χ1) is 11.1. The number of hydrogen-bond acceptors (Lipinski definition) is 2. The Morgan fingerprint density at radius 1 is 1.26 bits per heavy atom. The number of benzene rings is 1. The van der Waals surface area contributed by atoms with Crippen LogP contribution in [0.3, 0.4) is 0 Å². The summed E-state index contributed by atoms with van der Waals surface area (Å²) < 4.78 is 5.48. The van der Waals surface area contributed by atoms with Crippen LogP contribution in [0.2, 0.25) is 0 Å². The molecule has 0 aliphatic heterocycles. The maximum Gasteiger partial charge on any atom is 0.224 e. The number of nitrogens with one attached hydrogen (secondary N) is 3. The van der Waals surface area contributed by atoms with E-state index in [4.69, 9.17) is 4.42 Å². The summed E-state index contributed by atoms with van der Waals surface area (Å²) in [7, 11) is 4.11. The monoisotopic (exact) mass is 312 g/mol. The lowest BCUT2D eigenvalue weighted by Crippen LogP contribution is -3.07. The van der Waals surface area contributed by atoms with Gasteiger partial charge in [0, 0.05) is 17.1 Å². The van der Waals surface area contributed by atoms with Gasteiger partial charge in [-0.05, 0) is 23.8 Å². The molecule has 3 rings (SSSR count). The topological polar surface area (TPSA) is 62.5 Å². The Balaban J connectivity index is 1.63. The Labute approximate surface area is 135 Å². The van der Waals surface area contributed by atoms with Crippen LogP contribution in [0.1, 0.15) is 17.4 Å². The summed E-state index contributed by atoms with van der Waals surface area (Å²) in [6.07, 6.45) is 3.95. The van der Waals surface area contributed by atoms with Crippen molar-refractivity contribution in [3.8, 4) is 0 Å². The van der Waals surface area contributed by atoms with Crippen LogP contribution < -0.4 is 10.2 Å². The lowest BCUT2D eigenvalue weighted by molar-refractivity contribution is -0.891. The summed E-state index contributed by atoms with van der Waals surface area (Å²) in [5.74, 6) is 0.907. The highest BCUT2D eigenvalue weighted by Crippen LogP contribution is 2.18. The molecule has 0 aliphatic rings. The van der Waals surface area contributed by atoms with Gasteiger partial charge in [-0.2, -0.15) is 0 Å². The van der Waals surface area contributed by atoms with E-state index in [-0.39, 0.29) is 11.9 Å². The molecule has 2 aromatic heterocycles. The molecule has 120 valence electrons. The van der Waals surface area contributed by atoms with E-state index < -0.39 is 0 Å². The van der Waals surface area contributed by atoms with Crippen molar-refractivity contribution in [3.05, 3.63) is 60.2 Å². The predicted octanol–water partition coefficient (Wildman–Crippen LogP) is 1.31. The second kappa shape index (κ2) is 6.71. The van der Waals surface area contributed by atoms with E-state index in [1.165, 1.54) is 4.90 Å². The summed E-state index contributed by atoms with van der Waals surface area (Å²) in [4.78, 5) is 16.7. The van der Waals surface area contributed by atoms with E-state index in [0.29, 0.717) is 13.0 Å². The van der Waals surface area contributed by atoms with Gasteiger partial charge in [0.25, 0.3) is 0 Å². The molecule has 23 heavy (non-hydrogen) atoms. The lowest BCUT2D eigenvalue weighted by Gasteiger charge is -2.19. The zero-order valence-corrected chi connectivity index (χ0v) is 13.4. The molecule has 5 heteroatoms. The van der Waals surface area contributed by atoms with E-state index in [2.05, 4.69) is 24.4 Å². The van der Waals surface area contributed by atoms with Crippen molar-refractivity contribution in [2.24, 2.45) is 0 Å². The molecule has 1 amide bonds. The number of furan rings is 1. The number of H-pyrrole nitrogens is 1. The van der Waals surface area contributed by atoms with Crippen LogP contribution in [0.4, 0.5) is 0 Å². The summed E-state index contributed by atoms with van der Waals surface area (Å²) >= 11 is 0. The summed E-state index contributed by atoms with van der Waals surface area (Å²) in [5.41, 5.74) is 2.08. The fourth-order valence-electron chi connectivity index (χ4n) is 2.81. The minimum absolute atomic E-state index is 0.0209. The number of rotatable bonds is 6. The minimum Gasteiger partial charge on any atom is -0.463 e. The van der Waals surface area contributed by atoms with Gasteiger partial charge in [-0.3, -0.25) is 4.79 Å². The number of aromatic amines is 1. The van der Waals surface area contributed by atoms with E-state index in [9.17, 15) is 4.79 Å². The predicted molar refractivity (Wildman–Crippen MR) is 89.3 cm³/mol. The lowest BCUT2D eigenvalue weighted by atomic mass is 10.1. The van der Waals surface area contributed by atoms with Gasteiger partial charge >= 0.3 is 0 Å². The van der Waals surface area contributed by atoms with E-state index >= 15 is 0 Å². The Morgan fingerprint density at radius 3 is 2.83 bits per heavy atom. The molecule has 0 aliphatic carbocycles. The van der Waals surface area contributed by atoms with Gasteiger partial charge < -0.3 is 19.6 Å². The number of para-hydroxylation sites is 1. The molecule has 0 unspecified atom stereocenters. The van der Waals surface area contributed by atoms with Crippen LogP contribution in [0, 0.1) is 0 Å². The van der Waals surface area contributed by atoms with Crippen molar-refractivity contribution in [2.45, 2.75) is 12.5 Å². The van der Waals surface area contributed by atoms with Crippen molar-refractivity contribution >= 4 is 16.8 Å². The molecule has 0 spiro atoms. The average molecular weight is 312 g/mol. The van der Waals surface area contributed by atoms with E-state index in [1.807, 2.05) is 42.6 Å². The van der Waals surface area contributed by atoms with Crippen LogP contribution in [0.5, 0.6) is 0 Å². The number of carbonyl (C=O) groups is 1. The number of amides is 1. The Hall–Kier alpha value is -2.53. The maximum absolute atomic E-state index is 12.3. The third-order valence-electron chi connectivity index (χ3n) is 4.11. The highest BCUT2D eigenvalue weighted by molar-refractivity contribution is 5.88. The molecule has 2 heterocycles. The third kappa shape index (κ3) is 3.46. The number of carbonyl (C=O) groups excluding carboxylic acids is 1. The Kier molecular flexibility index (Phi) is 4.48. The molecule has 0 bridgehead atoms. The van der Waals surface area contributed by atoms with Crippen molar-refractivity contribution in [1.29, 1.82) is 0 Å². The molecule has 0 saturated heterocycles. The van der Waals surface area contributed by atoms with Gasteiger partial charge in [0.2, 0.25) is 5.91 Å². The highest BCUT2D eigenvalue weighted by Gasteiger charge is 2.21. The number of aromatic nitrogens is 1. The van der Waals surface area contributed by atoms with Crippen molar-refractivity contribution in [1.82, 2.24) is 10.3 Å². The van der Waals surface area contributed by atoms with Crippen LogP contribution in [0.15, 0.2) is 53.3 Å². The van der Waals surface area contributed by atoms with Crippen LogP contribution >= 0.6 is 0 Å². The van der Waals surface area contributed by atoms with Crippen LogP contribution in [-0.2, 0) is 11.2 Å². The number of hydrogen-bond donors (Lipinski definition) is 3. The fraction of sp³-hybridized carbons (Fsp3) is 0.278. The first kappa shape index (κ1) is 15.4. The highest BCUT2D eigenvalue weighted by atomic mass is 16.3. The quantitative estimate of drug-likeness (QED) is 0.642. The smallest absolute Gasteiger partial charge is 0.224 e. The first-order valence-corrected chi connectivity index (χ1v) is 7.80. The van der Waals surface area contributed by atoms with Crippen molar-refractivity contribution in [3.63, 3.8) is 0 Å². The van der Waals surface area contributed by atoms with Gasteiger partial charge in [-0.1, -0.05) is 18.2 Å². The van der Waals surface area contributed by atoms with E-state index in [1.54, 1.807) is 6.26 Å². The van der Waals surface area contributed by atoms with Crippen LogP contribution in [0.25, 0.3) is 10.9 Å². The summed E-state index contributed by atoms with van der Waals surface area (Å²) in [6.45, 7) is 0.553. The summed E-state index contributed by atoms with van der Waals surface area (Å²) in [5, 5.41) is 4.12. The van der Waals surface area contributed by atoms with Gasteiger partial charge in [-0.25, -0.2) is 0 Å². The number of fused-ring (bicyclic) bond motifs is 1. The molecule has 0 radical (unpaired) electrons. The standard InChI is InChI=1S/C18H21N3O2/c1-21(2)16(17-8-5-9-23-17)12-20-18(22)10-13-11-19-15-7-4-3-6-14(13)15/h3-9,11,16,19H,10,12H2,1-2H3,(H,20,22)/p+1/t16-/m0/s1. The molecule has 5 nitrogen and oxygen atoms in total. The fourth-order valence-corrected chi connectivity index (χ4v) is 2.81. The molecular formula is C18H22N3O2+. The Bertz CT molecular complexity index is 775. The summed E-state index contributed by atoms with van der Waals surface area (Å²) in [6, 6.07) is 11.9. The maximum atomic E-state index is 12.3. The molecule has 0 fully saturated rings. The number of quaternary nitrogens is 1. The van der Waals surface area contributed by atoms with Gasteiger partial charge in [0.15, 0.2) is 11.8 Å². The second-order valence-corrected chi connectivity index (χ2v) is 5.99. The third-order valence-corrected chi connectivity index (χ3v) is 4.11. The van der Waals surface area contributed by atoms with Gasteiger partial charge in [-0.15, -0.1) is 0 Å². The molecule has 1 atom stereocenters.